The summed E-state index contributed by atoms with van der Waals surface area (Å²) in [4.78, 5) is 13.3. The van der Waals surface area contributed by atoms with Gasteiger partial charge in [-0.25, -0.2) is 12.8 Å². The molecular formula is C17H16ClFN2O3S. The lowest BCUT2D eigenvalue weighted by molar-refractivity contribution is -0.128. The minimum atomic E-state index is -3.89. The summed E-state index contributed by atoms with van der Waals surface area (Å²) in [7, 11) is -3.89. The fourth-order valence-corrected chi connectivity index (χ4v) is 4.00. The molecule has 2 aromatic rings. The number of nitrogens with one attached hydrogen (secondary N) is 1. The van der Waals surface area contributed by atoms with E-state index in [-0.39, 0.29) is 15.8 Å². The van der Waals surface area contributed by atoms with Crippen molar-refractivity contribution in [3.63, 3.8) is 0 Å². The molecule has 1 fully saturated rings. The molecule has 1 heterocycles. The molecule has 1 aliphatic rings. The first-order chi connectivity index (χ1) is 11.8. The fourth-order valence-electron chi connectivity index (χ4n) is 2.68. The molecule has 0 atom stereocenters. The Balaban J connectivity index is 1.78. The highest BCUT2D eigenvalue weighted by molar-refractivity contribution is 7.92. The predicted molar refractivity (Wildman–Crippen MR) is 93.3 cm³/mol. The molecule has 0 aromatic heterocycles. The van der Waals surface area contributed by atoms with Crippen LogP contribution in [0.5, 0.6) is 0 Å². The number of hydrogen-bond acceptors (Lipinski definition) is 3. The van der Waals surface area contributed by atoms with Crippen LogP contribution < -0.4 is 4.72 Å². The molecule has 1 amide bonds. The average molecular weight is 383 g/mol. The zero-order chi connectivity index (χ0) is 18.0. The standard InChI is InChI=1S/C17H16ClFN2O3S/c18-15-10-14(6-7-16(15)19)25(23,24)20-13-4-1-3-12(9-13)11-21-8-2-5-17(21)22/h1,3-4,6-7,9-10,20H,2,5,8,11H2. The lowest BCUT2D eigenvalue weighted by atomic mass is 10.2. The third-order valence-corrected chi connectivity index (χ3v) is 5.59. The number of carbonyl (C=O) groups excluding carboxylic acids is 1. The van der Waals surface area contributed by atoms with Gasteiger partial charge in [-0.1, -0.05) is 23.7 Å². The van der Waals surface area contributed by atoms with Gasteiger partial charge in [0.2, 0.25) is 5.91 Å². The lowest BCUT2D eigenvalue weighted by Gasteiger charge is -2.16. The van der Waals surface area contributed by atoms with Crippen LogP contribution in [0.3, 0.4) is 0 Å². The van der Waals surface area contributed by atoms with Crippen molar-refractivity contribution < 1.29 is 17.6 Å². The van der Waals surface area contributed by atoms with Crippen LogP contribution in [0.4, 0.5) is 10.1 Å². The highest BCUT2D eigenvalue weighted by Gasteiger charge is 2.20. The third-order valence-electron chi connectivity index (χ3n) is 3.93. The molecule has 1 N–H and O–H groups in total. The summed E-state index contributed by atoms with van der Waals surface area (Å²) in [5.41, 5.74) is 1.19. The Labute approximate surface area is 150 Å². The number of halogens is 2. The summed E-state index contributed by atoms with van der Waals surface area (Å²) in [6, 6.07) is 10.0. The summed E-state index contributed by atoms with van der Waals surface area (Å²) < 4.78 is 40.5. The molecule has 1 saturated heterocycles. The lowest BCUT2D eigenvalue weighted by Crippen LogP contribution is -2.23. The van der Waals surface area contributed by atoms with Gasteiger partial charge >= 0.3 is 0 Å². The number of hydrogen-bond donors (Lipinski definition) is 1. The Morgan fingerprint density at radius 2 is 2.00 bits per heavy atom. The van der Waals surface area contributed by atoms with Gasteiger partial charge < -0.3 is 4.90 Å². The monoisotopic (exact) mass is 382 g/mol. The first-order valence-electron chi connectivity index (χ1n) is 7.70. The Morgan fingerprint density at radius 1 is 1.20 bits per heavy atom. The van der Waals surface area contributed by atoms with Crippen LogP contribution in [0.15, 0.2) is 47.4 Å². The van der Waals surface area contributed by atoms with Gasteiger partial charge in [-0.15, -0.1) is 0 Å². The second-order valence-electron chi connectivity index (χ2n) is 5.80. The summed E-state index contributed by atoms with van der Waals surface area (Å²) in [5.74, 6) is -0.579. The van der Waals surface area contributed by atoms with Gasteiger partial charge in [0, 0.05) is 25.2 Å². The van der Waals surface area contributed by atoms with Gasteiger partial charge in [-0.3, -0.25) is 9.52 Å². The van der Waals surface area contributed by atoms with E-state index in [2.05, 4.69) is 4.72 Å². The molecule has 2 aromatic carbocycles. The van der Waals surface area contributed by atoms with E-state index in [1.807, 2.05) is 6.07 Å². The van der Waals surface area contributed by atoms with E-state index in [9.17, 15) is 17.6 Å². The van der Waals surface area contributed by atoms with Gasteiger partial charge in [0.1, 0.15) is 5.82 Å². The first kappa shape index (κ1) is 17.7. The molecule has 0 radical (unpaired) electrons. The van der Waals surface area contributed by atoms with Crippen LogP contribution >= 0.6 is 11.6 Å². The number of sulfonamides is 1. The molecule has 0 bridgehead atoms. The molecule has 3 rings (SSSR count). The van der Waals surface area contributed by atoms with Crippen molar-refractivity contribution in [3.8, 4) is 0 Å². The number of likely N-dealkylation sites (tertiary alicyclic amines) is 1. The molecule has 8 heteroatoms. The Hall–Kier alpha value is -2.12. The maximum atomic E-state index is 13.2. The predicted octanol–water partition coefficient (Wildman–Crippen LogP) is 3.40. The van der Waals surface area contributed by atoms with Crippen LogP contribution in [0.25, 0.3) is 0 Å². The van der Waals surface area contributed by atoms with Crippen molar-refractivity contribution in [1.29, 1.82) is 0 Å². The molecule has 0 aliphatic carbocycles. The minimum Gasteiger partial charge on any atom is -0.338 e. The van der Waals surface area contributed by atoms with Crippen molar-refractivity contribution in [1.82, 2.24) is 4.90 Å². The second-order valence-corrected chi connectivity index (χ2v) is 7.89. The SMILES string of the molecule is O=C1CCCN1Cc1cccc(NS(=O)(=O)c2ccc(F)c(Cl)c2)c1. The number of nitrogens with zero attached hydrogens (tertiary/aromatic N) is 1. The summed E-state index contributed by atoms with van der Waals surface area (Å²) >= 11 is 5.65. The van der Waals surface area contributed by atoms with Gasteiger partial charge in [0.15, 0.2) is 0 Å². The Morgan fingerprint density at radius 3 is 2.68 bits per heavy atom. The minimum absolute atomic E-state index is 0.104. The van der Waals surface area contributed by atoms with Crippen LogP contribution in [-0.4, -0.2) is 25.8 Å². The molecular weight excluding hydrogens is 367 g/mol. The van der Waals surface area contributed by atoms with Crippen molar-refractivity contribution >= 4 is 33.2 Å². The quantitative estimate of drug-likeness (QED) is 0.861. The number of anilines is 1. The third kappa shape index (κ3) is 4.11. The molecule has 132 valence electrons. The van der Waals surface area contributed by atoms with Gasteiger partial charge in [-0.05, 0) is 42.3 Å². The van der Waals surface area contributed by atoms with E-state index in [0.717, 1.165) is 30.2 Å². The number of rotatable bonds is 5. The first-order valence-corrected chi connectivity index (χ1v) is 9.56. The molecule has 0 saturated carbocycles. The van der Waals surface area contributed by atoms with E-state index in [1.54, 1.807) is 23.1 Å². The van der Waals surface area contributed by atoms with Gasteiger partial charge in [0.05, 0.1) is 9.92 Å². The fraction of sp³-hybridized carbons (Fsp3) is 0.235. The van der Waals surface area contributed by atoms with Crippen LogP contribution in [0.1, 0.15) is 18.4 Å². The summed E-state index contributed by atoms with van der Waals surface area (Å²) in [6.45, 7) is 1.15. The van der Waals surface area contributed by atoms with E-state index in [4.69, 9.17) is 11.6 Å². The van der Waals surface area contributed by atoms with E-state index in [1.165, 1.54) is 0 Å². The zero-order valence-corrected chi connectivity index (χ0v) is 14.8. The highest BCUT2D eigenvalue weighted by Crippen LogP contribution is 2.23. The van der Waals surface area contributed by atoms with Crippen LogP contribution in [0, 0.1) is 5.82 Å². The van der Waals surface area contributed by atoms with Gasteiger partial charge in [0.25, 0.3) is 10.0 Å². The highest BCUT2D eigenvalue weighted by atomic mass is 35.5. The zero-order valence-electron chi connectivity index (χ0n) is 13.2. The Kier molecular flexibility index (Phi) is 4.96. The average Bonchev–Trinajstić information content (AvgIpc) is 2.95. The molecule has 25 heavy (non-hydrogen) atoms. The number of amides is 1. The normalized spacial score (nSPS) is 14.8. The maximum Gasteiger partial charge on any atom is 0.261 e. The van der Waals surface area contributed by atoms with Crippen molar-refractivity contribution in [2.75, 3.05) is 11.3 Å². The van der Waals surface area contributed by atoms with Crippen molar-refractivity contribution in [3.05, 3.63) is 58.9 Å². The largest absolute Gasteiger partial charge is 0.338 e. The van der Waals surface area contributed by atoms with E-state index < -0.39 is 15.8 Å². The summed E-state index contributed by atoms with van der Waals surface area (Å²) in [6.07, 6.45) is 1.40. The topological polar surface area (TPSA) is 66.5 Å². The smallest absolute Gasteiger partial charge is 0.261 e. The Bertz CT molecular complexity index is 918. The number of carbonyl (C=O) groups is 1. The van der Waals surface area contributed by atoms with E-state index >= 15 is 0 Å². The molecule has 1 aliphatic heterocycles. The maximum absolute atomic E-state index is 13.2. The molecule has 0 unspecified atom stereocenters. The molecule has 5 nitrogen and oxygen atoms in total. The van der Waals surface area contributed by atoms with Crippen molar-refractivity contribution in [2.24, 2.45) is 0 Å². The van der Waals surface area contributed by atoms with Crippen LogP contribution in [0.2, 0.25) is 5.02 Å². The number of benzene rings is 2. The van der Waals surface area contributed by atoms with E-state index in [0.29, 0.717) is 25.2 Å². The summed E-state index contributed by atoms with van der Waals surface area (Å²) in [5, 5.41) is -0.260. The second kappa shape index (κ2) is 7.01. The van der Waals surface area contributed by atoms with Crippen molar-refractivity contribution in [2.45, 2.75) is 24.3 Å². The van der Waals surface area contributed by atoms with Crippen LogP contribution in [-0.2, 0) is 21.4 Å². The molecule has 0 spiro atoms. The van der Waals surface area contributed by atoms with Gasteiger partial charge in [-0.2, -0.15) is 0 Å².